The van der Waals surface area contributed by atoms with Gasteiger partial charge < -0.3 is 0 Å². The highest BCUT2D eigenvalue weighted by Crippen LogP contribution is 2.48. The van der Waals surface area contributed by atoms with Crippen LogP contribution in [0.15, 0.2) is 54.6 Å². The molecule has 0 N–H and O–H groups in total. The third-order valence-corrected chi connectivity index (χ3v) is 4.37. The van der Waals surface area contributed by atoms with Gasteiger partial charge in [0.05, 0.1) is 0 Å². The molecule has 0 fully saturated rings. The van der Waals surface area contributed by atoms with Crippen molar-refractivity contribution in [1.82, 2.24) is 0 Å². The van der Waals surface area contributed by atoms with Crippen LogP contribution >= 0.6 is 15.9 Å². The van der Waals surface area contributed by atoms with Crippen molar-refractivity contribution in [2.75, 3.05) is 0 Å². The van der Waals surface area contributed by atoms with Crippen molar-refractivity contribution >= 4 is 26.7 Å². The second-order valence-corrected chi connectivity index (χ2v) is 5.24. The summed E-state index contributed by atoms with van der Waals surface area (Å²) in [7, 11) is 0. The van der Waals surface area contributed by atoms with Crippen molar-refractivity contribution in [2.45, 2.75) is 5.33 Å². The topological polar surface area (TPSA) is 0 Å². The number of halogens is 1. The Bertz CT molecular complexity index is 772. The number of fused-ring (bicyclic) bond motifs is 3. The van der Waals surface area contributed by atoms with Crippen LogP contribution in [0.1, 0.15) is 5.56 Å². The van der Waals surface area contributed by atoms with Gasteiger partial charge in [0, 0.05) is 5.33 Å². The molecule has 0 amide bonds. The van der Waals surface area contributed by atoms with E-state index in [1.54, 1.807) is 0 Å². The minimum absolute atomic E-state index is 0.904. The molecule has 86 valence electrons. The van der Waals surface area contributed by atoms with Crippen molar-refractivity contribution in [3.8, 4) is 22.3 Å². The largest absolute Gasteiger partial charge is 0.0876 e. The maximum Gasteiger partial charge on any atom is 0.0289 e. The smallest absolute Gasteiger partial charge is 0.0289 e. The molecule has 18 heavy (non-hydrogen) atoms. The van der Waals surface area contributed by atoms with E-state index in [0.29, 0.717) is 0 Å². The first-order chi connectivity index (χ1) is 8.90. The van der Waals surface area contributed by atoms with Crippen LogP contribution in [-0.2, 0) is 5.33 Å². The van der Waals surface area contributed by atoms with Crippen LogP contribution in [0, 0.1) is 0 Å². The minimum Gasteiger partial charge on any atom is -0.0876 e. The van der Waals surface area contributed by atoms with Gasteiger partial charge in [-0.3, -0.25) is 0 Å². The Labute approximate surface area is 114 Å². The van der Waals surface area contributed by atoms with E-state index in [2.05, 4.69) is 70.5 Å². The van der Waals surface area contributed by atoms with Crippen molar-refractivity contribution in [2.24, 2.45) is 0 Å². The lowest BCUT2D eigenvalue weighted by Gasteiger charge is -2.07. The van der Waals surface area contributed by atoms with Gasteiger partial charge in [0.15, 0.2) is 0 Å². The molecule has 1 aliphatic carbocycles. The van der Waals surface area contributed by atoms with Gasteiger partial charge in [-0.1, -0.05) is 70.5 Å². The van der Waals surface area contributed by atoms with Gasteiger partial charge in [-0.15, -0.1) is 0 Å². The van der Waals surface area contributed by atoms with Crippen molar-refractivity contribution < 1.29 is 0 Å². The Morgan fingerprint density at radius 1 is 0.722 bits per heavy atom. The summed E-state index contributed by atoms with van der Waals surface area (Å²) in [4.78, 5) is 0. The molecule has 0 radical (unpaired) electrons. The van der Waals surface area contributed by atoms with Crippen LogP contribution in [0.5, 0.6) is 0 Å². The van der Waals surface area contributed by atoms with E-state index in [4.69, 9.17) is 0 Å². The molecule has 1 heteroatoms. The van der Waals surface area contributed by atoms with E-state index in [1.807, 2.05) is 0 Å². The van der Waals surface area contributed by atoms with Crippen LogP contribution in [0.3, 0.4) is 0 Å². The summed E-state index contributed by atoms with van der Waals surface area (Å²) in [5, 5.41) is 3.65. The molecule has 0 aliphatic heterocycles. The fourth-order valence-corrected chi connectivity index (χ4v) is 3.47. The third-order valence-electron chi connectivity index (χ3n) is 3.76. The molecule has 3 aromatic carbocycles. The van der Waals surface area contributed by atoms with Crippen LogP contribution in [0.2, 0.25) is 0 Å². The second kappa shape index (κ2) is 3.69. The van der Waals surface area contributed by atoms with Crippen LogP contribution < -0.4 is 0 Å². The number of hydrogen-bond acceptors (Lipinski definition) is 0. The van der Waals surface area contributed by atoms with Crippen LogP contribution in [0.4, 0.5) is 0 Å². The van der Waals surface area contributed by atoms with Crippen molar-refractivity contribution in [3.05, 3.63) is 60.2 Å². The molecule has 0 bridgehead atoms. The lowest BCUT2D eigenvalue weighted by atomic mass is 9.99. The van der Waals surface area contributed by atoms with E-state index < -0.39 is 0 Å². The molecular weight excluding hydrogens is 284 g/mol. The second-order valence-electron chi connectivity index (χ2n) is 4.68. The summed E-state index contributed by atoms with van der Waals surface area (Å²) < 4.78 is 0. The Kier molecular flexibility index (Phi) is 2.12. The first-order valence-corrected chi connectivity index (χ1v) is 7.22. The van der Waals surface area contributed by atoms with E-state index in [-0.39, 0.29) is 0 Å². The molecule has 0 aromatic heterocycles. The molecule has 0 saturated heterocycles. The number of rotatable bonds is 1. The first kappa shape index (κ1) is 10.3. The zero-order valence-corrected chi connectivity index (χ0v) is 11.4. The van der Waals surface area contributed by atoms with Gasteiger partial charge in [0.25, 0.3) is 0 Å². The Hall–Kier alpha value is -1.60. The Morgan fingerprint density at radius 3 is 2.33 bits per heavy atom. The molecule has 3 aromatic rings. The summed E-state index contributed by atoms with van der Waals surface area (Å²) in [6.07, 6.45) is 0. The third kappa shape index (κ3) is 1.20. The van der Waals surface area contributed by atoms with Gasteiger partial charge in [0.2, 0.25) is 0 Å². The monoisotopic (exact) mass is 294 g/mol. The fourth-order valence-electron chi connectivity index (χ4n) is 3.00. The van der Waals surface area contributed by atoms with Gasteiger partial charge >= 0.3 is 0 Å². The predicted molar refractivity (Wildman–Crippen MR) is 81.0 cm³/mol. The zero-order chi connectivity index (χ0) is 12.1. The summed E-state index contributed by atoms with van der Waals surface area (Å²) in [6.45, 7) is 0. The molecule has 0 saturated carbocycles. The fraction of sp³-hybridized carbons (Fsp3) is 0.0588. The van der Waals surface area contributed by atoms with E-state index in [1.165, 1.54) is 38.6 Å². The van der Waals surface area contributed by atoms with E-state index in [0.717, 1.165) is 5.33 Å². The average Bonchev–Trinajstić information content (AvgIpc) is 2.77. The molecular formula is C17H11Br. The zero-order valence-electron chi connectivity index (χ0n) is 9.78. The predicted octanol–water partition coefficient (Wildman–Crippen LogP) is 5.38. The van der Waals surface area contributed by atoms with Gasteiger partial charge in [-0.25, -0.2) is 0 Å². The summed E-state index contributed by atoms with van der Waals surface area (Å²) in [6, 6.07) is 19.7. The molecule has 0 heterocycles. The minimum atomic E-state index is 0.904. The van der Waals surface area contributed by atoms with E-state index >= 15 is 0 Å². The maximum absolute atomic E-state index is 3.61. The highest BCUT2D eigenvalue weighted by atomic mass is 79.9. The first-order valence-electron chi connectivity index (χ1n) is 6.10. The standard InChI is InChI=1S/C17H11Br/c18-10-12-9-8-11-4-3-7-15-13-5-1-2-6-14(13)17(12)16(11)15/h1-9H,10H2. The van der Waals surface area contributed by atoms with Gasteiger partial charge in [-0.2, -0.15) is 0 Å². The molecule has 0 nitrogen and oxygen atoms in total. The lowest BCUT2D eigenvalue weighted by molar-refractivity contribution is 1.47. The van der Waals surface area contributed by atoms with Gasteiger partial charge in [0.1, 0.15) is 0 Å². The summed E-state index contributed by atoms with van der Waals surface area (Å²) in [5.41, 5.74) is 6.90. The number of hydrogen-bond donors (Lipinski definition) is 0. The molecule has 0 spiro atoms. The number of alkyl halides is 1. The normalized spacial score (nSPS) is 11.8. The molecule has 1 aliphatic rings. The van der Waals surface area contributed by atoms with E-state index in [9.17, 15) is 0 Å². The van der Waals surface area contributed by atoms with Crippen LogP contribution in [-0.4, -0.2) is 0 Å². The highest BCUT2D eigenvalue weighted by molar-refractivity contribution is 9.08. The van der Waals surface area contributed by atoms with Gasteiger partial charge in [-0.05, 0) is 38.6 Å². The quantitative estimate of drug-likeness (QED) is 0.413. The SMILES string of the molecule is BrCc1ccc2cccc3c2c1-c1ccccc1-3. The average molecular weight is 295 g/mol. The van der Waals surface area contributed by atoms with Crippen molar-refractivity contribution in [1.29, 1.82) is 0 Å². The summed E-state index contributed by atoms with van der Waals surface area (Å²) >= 11 is 3.61. The Morgan fingerprint density at radius 2 is 1.50 bits per heavy atom. The molecule has 4 rings (SSSR count). The molecule has 0 atom stereocenters. The van der Waals surface area contributed by atoms with Crippen LogP contribution in [0.25, 0.3) is 33.0 Å². The molecule has 0 unspecified atom stereocenters. The lowest BCUT2D eigenvalue weighted by Crippen LogP contribution is -1.84. The van der Waals surface area contributed by atoms with Crippen molar-refractivity contribution in [3.63, 3.8) is 0 Å². The summed E-state index contributed by atoms with van der Waals surface area (Å²) in [5.74, 6) is 0. The Balaban J connectivity index is 2.27. The number of benzene rings is 3. The maximum atomic E-state index is 3.61. The highest BCUT2D eigenvalue weighted by Gasteiger charge is 2.22.